The largest absolute Gasteiger partial charge is 0.448 e. The Bertz CT molecular complexity index is 904. The number of aryl methyl sites for hydroxylation is 1. The number of para-hydroxylation sites is 1. The first kappa shape index (κ1) is 14.8. The molecule has 0 bridgehead atoms. The number of rotatable bonds is 2. The molecular weight excluding hydrogens is 317 g/mol. The zero-order chi connectivity index (χ0) is 16.7. The van der Waals surface area contributed by atoms with E-state index < -0.39 is 11.9 Å². The highest BCUT2D eigenvalue weighted by Gasteiger charge is 2.34. The second kappa shape index (κ2) is 5.72. The number of carbonyl (C=O) groups is 1. The number of benzene rings is 1. The van der Waals surface area contributed by atoms with Crippen molar-refractivity contribution < 1.29 is 22.8 Å². The minimum atomic E-state index is -0.502. The van der Waals surface area contributed by atoms with Gasteiger partial charge in [-0.05, 0) is 12.1 Å². The summed E-state index contributed by atoms with van der Waals surface area (Å²) in [5.74, 6) is -0.0813. The minimum absolute atomic E-state index is 0.0678. The van der Waals surface area contributed by atoms with E-state index in [1.807, 2.05) is 0 Å². The number of aromatic nitrogens is 2. The molecule has 7 nitrogen and oxygen atoms in total. The first-order valence-electron chi connectivity index (χ1n) is 7.50. The van der Waals surface area contributed by atoms with E-state index in [0.29, 0.717) is 30.3 Å². The number of carbonyl (C=O) groups excluding carboxylic acids is 1. The molecule has 0 radical (unpaired) electrons. The van der Waals surface area contributed by atoms with Gasteiger partial charge in [-0.3, -0.25) is 4.79 Å². The van der Waals surface area contributed by atoms with E-state index in [1.54, 1.807) is 24.0 Å². The molecule has 1 aliphatic heterocycles. The van der Waals surface area contributed by atoms with Crippen LogP contribution in [-0.2, 0) is 4.74 Å². The van der Waals surface area contributed by atoms with Crippen molar-refractivity contribution in [2.24, 2.45) is 0 Å². The molecule has 1 aromatic carbocycles. The monoisotopic (exact) mass is 331 g/mol. The normalized spacial score (nSPS) is 18.2. The lowest BCUT2D eigenvalue weighted by Gasteiger charge is -2.32. The van der Waals surface area contributed by atoms with Gasteiger partial charge in [0.2, 0.25) is 11.8 Å². The summed E-state index contributed by atoms with van der Waals surface area (Å²) in [7, 11) is 0. The lowest BCUT2D eigenvalue weighted by molar-refractivity contribution is -0.0120. The van der Waals surface area contributed by atoms with Crippen molar-refractivity contribution in [2.75, 3.05) is 19.8 Å². The topological polar surface area (TPSA) is 81.6 Å². The van der Waals surface area contributed by atoms with Crippen LogP contribution in [0.25, 0.3) is 11.0 Å². The highest BCUT2D eigenvalue weighted by Crippen LogP contribution is 2.28. The molecule has 0 unspecified atom stereocenters. The van der Waals surface area contributed by atoms with Crippen LogP contribution in [0, 0.1) is 12.7 Å². The molecule has 3 heterocycles. The highest BCUT2D eigenvalue weighted by molar-refractivity contribution is 5.96. The average Bonchev–Trinajstić information content (AvgIpc) is 3.21. The quantitative estimate of drug-likeness (QED) is 0.717. The Balaban J connectivity index is 1.69. The van der Waals surface area contributed by atoms with Gasteiger partial charge in [0.05, 0.1) is 13.2 Å². The van der Waals surface area contributed by atoms with E-state index in [2.05, 4.69) is 10.2 Å². The van der Waals surface area contributed by atoms with E-state index in [9.17, 15) is 9.18 Å². The van der Waals surface area contributed by atoms with Gasteiger partial charge in [-0.15, -0.1) is 10.2 Å². The Morgan fingerprint density at radius 1 is 1.33 bits per heavy atom. The van der Waals surface area contributed by atoms with Gasteiger partial charge in [-0.1, -0.05) is 12.1 Å². The predicted octanol–water partition coefficient (Wildman–Crippen LogP) is 2.48. The fourth-order valence-corrected chi connectivity index (χ4v) is 2.77. The number of morpholine rings is 1. The molecule has 0 saturated carbocycles. The highest BCUT2D eigenvalue weighted by atomic mass is 19.1. The van der Waals surface area contributed by atoms with Crippen molar-refractivity contribution in [1.29, 1.82) is 0 Å². The molecule has 0 N–H and O–H groups in total. The van der Waals surface area contributed by atoms with E-state index in [4.69, 9.17) is 13.6 Å². The minimum Gasteiger partial charge on any atom is -0.448 e. The van der Waals surface area contributed by atoms with E-state index in [1.165, 1.54) is 12.1 Å². The fraction of sp³-hybridized carbons (Fsp3) is 0.312. The Labute approximate surface area is 136 Å². The lowest BCUT2D eigenvalue weighted by atomic mass is 10.2. The lowest BCUT2D eigenvalue weighted by Crippen LogP contribution is -2.43. The first-order valence-corrected chi connectivity index (χ1v) is 7.50. The summed E-state index contributed by atoms with van der Waals surface area (Å²) in [5, 5.41) is 8.30. The summed E-state index contributed by atoms with van der Waals surface area (Å²) in [6.07, 6.45) is 0. The summed E-state index contributed by atoms with van der Waals surface area (Å²) in [6.45, 7) is 2.67. The number of fused-ring (bicyclic) bond motifs is 1. The maximum absolute atomic E-state index is 13.8. The van der Waals surface area contributed by atoms with Crippen LogP contribution < -0.4 is 0 Å². The number of amides is 1. The number of nitrogens with zero attached hydrogens (tertiary/aromatic N) is 3. The maximum atomic E-state index is 13.8. The number of ether oxygens (including phenoxy) is 1. The van der Waals surface area contributed by atoms with Gasteiger partial charge >= 0.3 is 0 Å². The molecule has 1 saturated heterocycles. The third kappa shape index (κ3) is 2.44. The Hall–Kier alpha value is -2.74. The van der Waals surface area contributed by atoms with Crippen LogP contribution >= 0.6 is 0 Å². The first-order chi connectivity index (χ1) is 11.6. The van der Waals surface area contributed by atoms with Crippen molar-refractivity contribution in [2.45, 2.75) is 13.0 Å². The van der Waals surface area contributed by atoms with Crippen molar-refractivity contribution in [1.82, 2.24) is 15.1 Å². The molecular formula is C16H14FN3O4. The third-order valence-corrected chi connectivity index (χ3v) is 3.92. The average molecular weight is 331 g/mol. The Morgan fingerprint density at radius 2 is 2.21 bits per heavy atom. The zero-order valence-corrected chi connectivity index (χ0v) is 12.9. The van der Waals surface area contributed by atoms with Crippen LogP contribution in [0.3, 0.4) is 0 Å². The number of hydrogen-bond donors (Lipinski definition) is 0. The van der Waals surface area contributed by atoms with Crippen molar-refractivity contribution >= 4 is 16.9 Å². The van der Waals surface area contributed by atoms with Crippen LogP contribution in [0.1, 0.15) is 28.4 Å². The summed E-state index contributed by atoms with van der Waals surface area (Å²) in [4.78, 5) is 14.4. The summed E-state index contributed by atoms with van der Waals surface area (Å²) in [5.41, 5.74) is 0.0688. The van der Waals surface area contributed by atoms with E-state index in [-0.39, 0.29) is 23.9 Å². The second-order valence-electron chi connectivity index (χ2n) is 5.52. The van der Waals surface area contributed by atoms with Gasteiger partial charge in [-0.25, -0.2) is 4.39 Å². The molecule has 2 aromatic heterocycles. The smallest absolute Gasteiger partial charge is 0.290 e. The molecule has 124 valence electrons. The molecule has 8 heteroatoms. The van der Waals surface area contributed by atoms with Crippen LogP contribution in [-0.4, -0.2) is 40.8 Å². The standard InChI is InChI=1S/C16H14FN3O4/c1-9-18-19-15(23-9)12-8-22-6-5-20(12)16(21)13-7-10-3-2-4-11(17)14(10)24-13/h2-4,7,12H,5-6,8H2,1H3/t12-/m0/s1. The number of halogens is 1. The number of hydrogen-bond acceptors (Lipinski definition) is 6. The van der Waals surface area contributed by atoms with Gasteiger partial charge in [0.1, 0.15) is 6.04 Å². The third-order valence-electron chi connectivity index (χ3n) is 3.92. The van der Waals surface area contributed by atoms with Crippen LogP contribution in [0.5, 0.6) is 0 Å². The molecule has 24 heavy (non-hydrogen) atoms. The van der Waals surface area contributed by atoms with E-state index in [0.717, 1.165) is 0 Å². The molecule has 0 spiro atoms. The SMILES string of the molecule is Cc1nnc([C@@H]2COCCN2C(=O)c2cc3cccc(F)c3o2)o1. The summed E-state index contributed by atoms with van der Waals surface area (Å²) in [6, 6.07) is 5.59. The zero-order valence-electron chi connectivity index (χ0n) is 12.9. The Morgan fingerprint density at radius 3 is 2.96 bits per heavy atom. The molecule has 3 aromatic rings. The van der Waals surface area contributed by atoms with E-state index >= 15 is 0 Å². The van der Waals surface area contributed by atoms with Crippen LogP contribution in [0.2, 0.25) is 0 Å². The van der Waals surface area contributed by atoms with Gasteiger partial charge < -0.3 is 18.5 Å². The molecule has 0 aliphatic carbocycles. The molecule has 1 amide bonds. The van der Waals surface area contributed by atoms with Gasteiger partial charge in [0.25, 0.3) is 5.91 Å². The molecule has 1 fully saturated rings. The van der Waals surface area contributed by atoms with Gasteiger partial charge in [-0.2, -0.15) is 0 Å². The molecule has 1 aliphatic rings. The number of furan rings is 1. The Kier molecular flexibility index (Phi) is 3.53. The predicted molar refractivity (Wildman–Crippen MR) is 79.8 cm³/mol. The molecule has 1 atom stereocenters. The van der Waals surface area contributed by atoms with Gasteiger partial charge in [0, 0.05) is 18.9 Å². The second-order valence-corrected chi connectivity index (χ2v) is 5.52. The summed E-state index contributed by atoms with van der Waals surface area (Å²) >= 11 is 0. The maximum Gasteiger partial charge on any atom is 0.290 e. The van der Waals surface area contributed by atoms with Crippen LogP contribution in [0.4, 0.5) is 4.39 Å². The van der Waals surface area contributed by atoms with Gasteiger partial charge in [0.15, 0.2) is 17.2 Å². The molecule has 4 rings (SSSR count). The summed E-state index contributed by atoms with van der Waals surface area (Å²) < 4.78 is 30.1. The van der Waals surface area contributed by atoms with Crippen LogP contribution in [0.15, 0.2) is 33.1 Å². The van der Waals surface area contributed by atoms with Crippen molar-refractivity contribution in [3.05, 3.63) is 47.6 Å². The van der Waals surface area contributed by atoms with Crippen molar-refractivity contribution in [3.63, 3.8) is 0 Å². The van der Waals surface area contributed by atoms with Crippen molar-refractivity contribution in [3.8, 4) is 0 Å². The fourth-order valence-electron chi connectivity index (χ4n) is 2.77.